The molecule has 1 N–H and O–H groups in total. The molecule has 4 nitrogen and oxygen atoms in total. The molecule has 0 aromatic heterocycles. The summed E-state index contributed by atoms with van der Waals surface area (Å²) in [7, 11) is -3.19. The van der Waals surface area contributed by atoms with Gasteiger partial charge >= 0.3 is 0 Å². The summed E-state index contributed by atoms with van der Waals surface area (Å²) in [6.45, 7) is 6.34. The van der Waals surface area contributed by atoms with Gasteiger partial charge in [0.05, 0.1) is 16.8 Å². The maximum Gasteiger partial charge on any atom is 0.178 e. The maximum absolute atomic E-state index is 12.2. The third-order valence-electron chi connectivity index (χ3n) is 4.27. The Hall–Kier alpha value is -0.910. The highest BCUT2D eigenvalue weighted by atomic mass is 32.2. The lowest BCUT2D eigenvalue weighted by atomic mass is 9.96. The molecule has 1 aliphatic rings. The first-order valence-corrected chi connectivity index (χ1v) is 9.23. The Balaban J connectivity index is 1.84. The topological polar surface area (TPSA) is 57.6 Å². The zero-order chi connectivity index (χ0) is 15.5. The number of benzene rings is 1. The number of hydrogen-bond acceptors (Lipinski definition) is 4. The summed E-state index contributed by atoms with van der Waals surface area (Å²) in [5.74, 6) is 0.510. The number of sulfone groups is 1. The second-order valence-corrected chi connectivity index (χ2v) is 8.23. The molecule has 0 aliphatic carbocycles. The zero-order valence-corrected chi connectivity index (χ0v) is 13.6. The number of piperidine rings is 1. The number of aliphatic hydroxyl groups excluding tert-OH is 1. The monoisotopic (exact) mass is 311 g/mol. The second-order valence-electron chi connectivity index (χ2n) is 6.12. The van der Waals surface area contributed by atoms with Crippen molar-refractivity contribution < 1.29 is 13.5 Å². The highest BCUT2D eigenvalue weighted by Crippen LogP contribution is 2.18. The molecule has 118 valence electrons. The molecule has 1 saturated heterocycles. The third-order valence-corrected chi connectivity index (χ3v) is 6.09. The molecule has 0 unspecified atom stereocenters. The van der Waals surface area contributed by atoms with Crippen molar-refractivity contribution in [3.05, 3.63) is 29.8 Å². The lowest BCUT2D eigenvalue weighted by molar-refractivity contribution is 0.0295. The second kappa shape index (κ2) is 6.90. The number of aliphatic hydroxyl groups is 1. The predicted molar refractivity (Wildman–Crippen MR) is 84.1 cm³/mol. The average molecular weight is 311 g/mol. The van der Waals surface area contributed by atoms with E-state index in [0.717, 1.165) is 25.1 Å². The van der Waals surface area contributed by atoms with Gasteiger partial charge in [0.2, 0.25) is 0 Å². The van der Waals surface area contributed by atoms with Crippen LogP contribution < -0.4 is 0 Å². The Bertz CT molecular complexity index is 553. The van der Waals surface area contributed by atoms with Crippen molar-refractivity contribution in [2.75, 3.05) is 25.4 Å². The van der Waals surface area contributed by atoms with Gasteiger partial charge in [-0.05, 0) is 50.9 Å². The Labute approximate surface area is 127 Å². The van der Waals surface area contributed by atoms with E-state index in [9.17, 15) is 13.5 Å². The van der Waals surface area contributed by atoms with Gasteiger partial charge in [-0.2, -0.15) is 0 Å². The molecule has 5 heteroatoms. The fourth-order valence-electron chi connectivity index (χ4n) is 2.66. The molecule has 1 aromatic rings. The minimum Gasteiger partial charge on any atom is -0.392 e. The fourth-order valence-corrected chi connectivity index (χ4v) is 3.95. The molecule has 21 heavy (non-hydrogen) atoms. The van der Waals surface area contributed by atoms with E-state index in [1.807, 2.05) is 19.1 Å². The van der Waals surface area contributed by atoms with E-state index in [-0.39, 0.29) is 11.9 Å². The summed E-state index contributed by atoms with van der Waals surface area (Å²) in [5.41, 5.74) is 1.06. The van der Waals surface area contributed by atoms with Gasteiger partial charge in [-0.3, -0.25) is 0 Å². The van der Waals surface area contributed by atoms with Crippen LogP contribution in [0.5, 0.6) is 0 Å². The Kier molecular flexibility index (Phi) is 5.41. The lowest BCUT2D eigenvalue weighted by Gasteiger charge is -2.34. The molecule has 0 radical (unpaired) electrons. The van der Waals surface area contributed by atoms with Crippen LogP contribution in [0.15, 0.2) is 29.2 Å². The Morgan fingerprint density at radius 3 is 2.57 bits per heavy atom. The molecule has 0 amide bonds. The summed E-state index contributed by atoms with van der Waals surface area (Å²) in [6.07, 6.45) is 1.30. The first-order chi connectivity index (χ1) is 9.88. The molecular formula is C16H25NO3S. The minimum atomic E-state index is -3.19. The number of likely N-dealkylation sites (tertiary alicyclic amines) is 1. The largest absolute Gasteiger partial charge is 0.392 e. The molecule has 0 spiro atoms. The van der Waals surface area contributed by atoms with Crippen molar-refractivity contribution in [1.29, 1.82) is 0 Å². The van der Waals surface area contributed by atoms with Crippen molar-refractivity contribution >= 4 is 9.84 Å². The van der Waals surface area contributed by atoms with E-state index >= 15 is 0 Å². The first kappa shape index (κ1) is 16.5. The van der Waals surface area contributed by atoms with E-state index in [1.165, 1.54) is 0 Å². The number of rotatable bonds is 5. The van der Waals surface area contributed by atoms with Crippen LogP contribution >= 0.6 is 0 Å². The van der Waals surface area contributed by atoms with Crippen LogP contribution in [0.1, 0.15) is 25.3 Å². The van der Waals surface area contributed by atoms with Crippen molar-refractivity contribution in [2.45, 2.75) is 37.7 Å². The lowest BCUT2D eigenvalue weighted by Crippen LogP contribution is -2.43. The van der Waals surface area contributed by atoms with Crippen molar-refractivity contribution in [3.8, 4) is 0 Å². The highest BCUT2D eigenvalue weighted by molar-refractivity contribution is 7.91. The van der Waals surface area contributed by atoms with Crippen LogP contribution in [0, 0.1) is 12.8 Å². The van der Waals surface area contributed by atoms with Gasteiger partial charge in [0.25, 0.3) is 0 Å². The SMILES string of the molecule is Cc1ccc(S(=O)(=O)CCCN2CC[C@@H](C)[C@H](O)C2)cc1. The molecule has 0 bridgehead atoms. The van der Waals surface area contributed by atoms with Gasteiger partial charge in [0.15, 0.2) is 9.84 Å². The van der Waals surface area contributed by atoms with E-state index in [1.54, 1.807) is 12.1 Å². The first-order valence-electron chi connectivity index (χ1n) is 7.58. The van der Waals surface area contributed by atoms with Crippen LogP contribution in [-0.4, -0.2) is 49.9 Å². The van der Waals surface area contributed by atoms with Gasteiger partial charge < -0.3 is 10.0 Å². The summed E-state index contributed by atoms with van der Waals surface area (Å²) in [5, 5.41) is 9.85. The quantitative estimate of drug-likeness (QED) is 0.902. The van der Waals surface area contributed by atoms with E-state index in [4.69, 9.17) is 0 Å². The summed E-state index contributed by atoms with van der Waals surface area (Å²) < 4.78 is 24.5. The normalized spacial score (nSPS) is 24.1. The van der Waals surface area contributed by atoms with Gasteiger partial charge in [-0.1, -0.05) is 24.6 Å². The molecule has 1 aromatic carbocycles. The van der Waals surface area contributed by atoms with Gasteiger partial charge in [0, 0.05) is 6.54 Å². The number of hydrogen-bond donors (Lipinski definition) is 1. The molecule has 1 fully saturated rings. The number of aryl methyl sites for hydroxylation is 1. The van der Waals surface area contributed by atoms with E-state index in [2.05, 4.69) is 11.8 Å². The smallest absolute Gasteiger partial charge is 0.178 e. The van der Waals surface area contributed by atoms with Crippen LogP contribution in [0.25, 0.3) is 0 Å². The Morgan fingerprint density at radius 1 is 1.29 bits per heavy atom. The zero-order valence-electron chi connectivity index (χ0n) is 12.8. The predicted octanol–water partition coefficient (Wildman–Crippen LogP) is 1.86. The molecule has 2 atom stereocenters. The molecular weight excluding hydrogens is 286 g/mol. The van der Waals surface area contributed by atoms with Crippen molar-refractivity contribution in [2.24, 2.45) is 5.92 Å². The Morgan fingerprint density at radius 2 is 1.95 bits per heavy atom. The maximum atomic E-state index is 12.2. The van der Waals surface area contributed by atoms with Crippen molar-refractivity contribution in [1.82, 2.24) is 4.90 Å². The summed E-state index contributed by atoms with van der Waals surface area (Å²) in [4.78, 5) is 2.57. The van der Waals surface area contributed by atoms with Gasteiger partial charge in [-0.15, -0.1) is 0 Å². The van der Waals surface area contributed by atoms with Crippen LogP contribution in [-0.2, 0) is 9.84 Å². The highest BCUT2D eigenvalue weighted by Gasteiger charge is 2.24. The fraction of sp³-hybridized carbons (Fsp3) is 0.625. The molecule has 1 aliphatic heterocycles. The van der Waals surface area contributed by atoms with Crippen molar-refractivity contribution in [3.63, 3.8) is 0 Å². The van der Waals surface area contributed by atoms with E-state index < -0.39 is 9.84 Å². The summed E-state index contributed by atoms with van der Waals surface area (Å²) >= 11 is 0. The summed E-state index contributed by atoms with van der Waals surface area (Å²) in [6, 6.07) is 7.01. The molecule has 0 saturated carbocycles. The van der Waals surface area contributed by atoms with Crippen LogP contribution in [0.4, 0.5) is 0 Å². The standard InChI is InChI=1S/C16H25NO3S/c1-13-4-6-15(7-5-13)21(19,20)11-3-9-17-10-8-14(2)16(18)12-17/h4-7,14,16,18H,3,8-12H2,1-2H3/t14-,16-/m1/s1. The van der Waals surface area contributed by atoms with Crippen LogP contribution in [0.2, 0.25) is 0 Å². The van der Waals surface area contributed by atoms with Gasteiger partial charge in [0.1, 0.15) is 0 Å². The molecule has 1 heterocycles. The number of nitrogens with zero attached hydrogens (tertiary/aromatic N) is 1. The number of β-amino-alcohol motifs (C(OH)–C–C–N with tert-alkyl or cyclic N) is 1. The van der Waals surface area contributed by atoms with Gasteiger partial charge in [-0.25, -0.2) is 8.42 Å². The molecule has 2 rings (SSSR count). The van der Waals surface area contributed by atoms with E-state index in [0.29, 0.717) is 23.8 Å². The third kappa shape index (κ3) is 4.53. The minimum absolute atomic E-state index is 0.165. The van der Waals surface area contributed by atoms with Crippen LogP contribution in [0.3, 0.4) is 0 Å². The average Bonchev–Trinajstić information content (AvgIpc) is 2.43.